The van der Waals surface area contributed by atoms with E-state index in [0.717, 1.165) is 0 Å². The molecule has 1 aromatic carbocycles. The van der Waals surface area contributed by atoms with Crippen molar-refractivity contribution in [1.29, 1.82) is 0 Å². The number of pyridine rings is 1. The van der Waals surface area contributed by atoms with Crippen molar-refractivity contribution >= 4 is 11.8 Å². The number of halogens is 2. The first-order valence-corrected chi connectivity index (χ1v) is 10.5. The van der Waals surface area contributed by atoms with Crippen LogP contribution in [0.1, 0.15) is 46.9 Å². The number of piperidine rings is 1. The molecule has 0 aliphatic carbocycles. The number of aryl methyl sites for hydroxylation is 1. The number of hydrogen-bond acceptors (Lipinski definition) is 4. The summed E-state index contributed by atoms with van der Waals surface area (Å²) in [6.45, 7) is 1.60. The van der Waals surface area contributed by atoms with Gasteiger partial charge in [-0.15, -0.1) is 0 Å². The summed E-state index contributed by atoms with van der Waals surface area (Å²) in [7, 11) is 0. The van der Waals surface area contributed by atoms with E-state index in [2.05, 4.69) is 4.98 Å². The monoisotopic (exact) mass is 427 g/mol. The summed E-state index contributed by atoms with van der Waals surface area (Å²) in [6.07, 6.45) is 0.625. The lowest BCUT2D eigenvalue weighted by atomic mass is 9.87. The fourth-order valence-corrected chi connectivity index (χ4v) is 4.92. The highest BCUT2D eigenvalue weighted by atomic mass is 19.1. The molecule has 3 saturated heterocycles. The van der Waals surface area contributed by atoms with Crippen molar-refractivity contribution < 1.29 is 23.1 Å². The molecule has 4 heterocycles. The van der Waals surface area contributed by atoms with Crippen molar-refractivity contribution in [1.82, 2.24) is 14.8 Å². The maximum absolute atomic E-state index is 15.4. The zero-order chi connectivity index (χ0) is 21.8. The molecule has 3 fully saturated rings. The van der Waals surface area contributed by atoms with E-state index in [1.807, 2.05) is 6.07 Å². The number of carbonyl (C=O) groups excluding carboxylic acids is 2. The summed E-state index contributed by atoms with van der Waals surface area (Å²) in [5.74, 6) is -1.11. The highest BCUT2D eigenvalue weighted by molar-refractivity contribution is 5.95. The number of hydrogen-bond donors (Lipinski definition) is 0. The van der Waals surface area contributed by atoms with Crippen LogP contribution >= 0.6 is 0 Å². The number of amides is 2. The molecule has 8 heteroatoms. The highest BCUT2D eigenvalue weighted by Gasteiger charge is 2.63. The van der Waals surface area contributed by atoms with Crippen LogP contribution in [0.5, 0.6) is 0 Å². The van der Waals surface area contributed by atoms with Gasteiger partial charge in [0.25, 0.3) is 11.8 Å². The van der Waals surface area contributed by atoms with Gasteiger partial charge in [0.1, 0.15) is 12.0 Å². The Balaban J connectivity index is 1.35. The minimum atomic E-state index is -1.64. The third-order valence-corrected chi connectivity index (χ3v) is 6.65. The minimum Gasteiger partial charge on any atom is -0.339 e. The fourth-order valence-electron chi connectivity index (χ4n) is 4.92. The number of nitrogens with zero attached hydrogens (tertiary/aromatic N) is 3. The molecule has 162 valence electrons. The molecule has 0 bridgehead atoms. The summed E-state index contributed by atoms with van der Waals surface area (Å²) >= 11 is 0. The second-order valence-electron chi connectivity index (χ2n) is 8.44. The van der Waals surface area contributed by atoms with E-state index in [1.165, 1.54) is 11.0 Å². The second kappa shape index (κ2) is 7.37. The number of alkyl halides is 1. The molecule has 1 spiro atoms. The van der Waals surface area contributed by atoms with E-state index >= 15 is 4.39 Å². The molecule has 2 aromatic rings. The summed E-state index contributed by atoms with van der Waals surface area (Å²) < 4.78 is 35.5. The molecule has 3 aliphatic rings. The smallest absolute Gasteiger partial charge is 0.260 e. The van der Waals surface area contributed by atoms with Crippen LogP contribution in [0.15, 0.2) is 42.6 Å². The van der Waals surface area contributed by atoms with Crippen molar-refractivity contribution in [2.75, 3.05) is 13.1 Å². The van der Waals surface area contributed by atoms with Crippen LogP contribution in [-0.2, 0) is 9.53 Å². The van der Waals surface area contributed by atoms with Crippen molar-refractivity contribution in [2.45, 2.75) is 50.2 Å². The largest absolute Gasteiger partial charge is 0.339 e. The van der Waals surface area contributed by atoms with Crippen LogP contribution in [0.2, 0.25) is 0 Å². The molecule has 1 aromatic heterocycles. The van der Waals surface area contributed by atoms with Crippen LogP contribution in [-0.4, -0.2) is 57.7 Å². The summed E-state index contributed by atoms with van der Waals surface area (Å²) in [4.78, 5) is 33.2. The molecule has 2 unspecified atom stereocenters. The van der Waals surface area contributed by atoms with Gasteiger partial charge >= 0.3 is 0 Å². The molecule has 0 saturated carbocycles. The van der Waals surface area contributed by atoms with Crippen molar-refractivity contribution in [3.63, 3.8) is 0 Å². The van der Waals surface area contributed by atoms with Gasteiger partial charge in [-0.2, -0.15) is 0 Å². The number of aromatic nitrogens is 1. The van der Waals surface area contributed by atoms with Gasteiger partial charge < -0.3 is 14.5 Å². The number of carbonyl (C=O) groups is 2. The first-order valence-electron chi connectivity index (χ1n) is 10.5. The SMILES string of the molecule is Cc1ncc([C@@H]2CC[C@H]3OC4(CCN(C(=O)c5ccccc5)CC4F)C(=O)N32)cc1F. The zero-order valence-corrected chi connectivity index (χ0v) is 17.1. The second-order valence-corrected chi connectivity index (χ2v) is 8.44. The van der Waals surface area contributed by atoms with Gasteiger partial charge in [-0.1, -0.05) is 18.2 Å². The fraction of sp³-hybridized carbons (Fsp3) is 0.435. The Morgan fingerprint density at radius 1 is 1.26 bits per heavy atom. The van der Waals surface area contributed by atoms with Crippen LogP contribution in [0.25, 0.3) is 0 Å². The quantitative estimate of drug-likeness (QED) is 0.739. The normalized spacial score (nSPS) is 30.2. The van der Waals surface area contributed by atoms with Gasteiger partial charge in [0.15, 0.2) is 11.8 Å². The Labute approximate surface area is 178 Å². The third-order valence-electron chi connectivity index (χ3n) is 6.65. The van der Waals surface area contributed by atoms with Crippen LogP contribution in [0.3, 0.4) is 0 Å². The number of rotatable bonds is 2. The molecule has 0 radical (unpaired) electrons. The lowest BCUT2D eigenvalue weighted by Gasteiger charge is -2.40. The first kappa shape index (κ1) is 20.1. The lowest BCUT2D eigenvalue weighted by Crippen LogP contribution is -2.59. The molecule has 3 aliphatic heterocycles. The summed E-state index contributed by atoms with van der Waals surface area (Å²) in [5, 5.41) is 0. The maximum atomic E-state index is 15.4. The molecular weight excluding hydrogens is 404 g/mol. The van der Waals surface area contributed by atoms with Crippen LogP contribution < -0.4 is 0 Å². The Morgan fingerprint density at radius 3 is 2.74 bits per heavy atom. The van der Waals surface area contributed by atoms with Gasteiger partial charge in [0.2, 0.25) is 0 Å². The van der Waals surface area contributed by atoms with E-state index in [0.29, 0.717) is 24.0 Å². The van der Waals surface area contributed by atoms with Crippen molar-refractivity contribution in [3.8, 4) is 0 Å². The van der Waals surface area contributed by atoms with Crippen molar-refractivity contribution in [3.05, 3.63) is 65.2 Å². The number of fused-ring (bicyclic) bond motifs is 1. The van der Waals surface area contributed by atoms with E-state index in [-0.39, 0.29) is 31.1 Å². The zero-order valence-electron chi connectivity index (χ0n) is 17.1. The highest BCUT2D eigenvalue weighted by Crippen LogP contribution is 2.48. The molecule has 0 N–H and O–H groups in total. The molecule has 31 heavy (non-hydrogen) atoms. The van der Waals surface area contributed by atoms with E-state index in [4.69, 9.17) is 4.74 Å². The van der Waals surface area contributed by atoms with Crippen LogP contribution in [0, 0.1) is 12.7 Å². The Morgan fingerprint density at radius 2 is 2.03 bits per heavy atom. The van der Waals surface area contributed by atoms with Gasteiger partial charge in [-0.05, 0) is 43.5 Å². The average Bonchev–Trinajstić information content (AvgIpc) is 3.31. The molecule has 4 atom stereocenters. The Hall–Kier alpha value is -2.87. The predicted octanol–water partition coefficient (Wildman–Crippen LogP) is 3.17. The molecular formula is C23H23F2N3O3. The van der Waals surface area contributed by atoms with Crippen LogP contribution in [0.4, 0.5) is 8.78 Å². The van der Waals surface area contributed by atoms with E-state index in [1.54, 1.807) is 42.3 Å². The van der Waals surface area contributed by atoms with Gasteiger partial charge in [0.05, 0.1) is 18.3 Å². The number of ether oxygens (including phenoxy) is 1. The summed E-state index contributed by atoms with van der Waals surface area (Å²) in [5.41, 5.74) is -0.225. The number of likely N-dealkylation sites (tertiary alicyclic amines) is 1. The molecule has 6 nitrogen and oxygen atoms in total. The topological polar surface area (TPSA) is 62.7 Å². The standard InChI is InChI=1S/C23H23F2N3O3/c1-14-17(24)11-16(12-26-14)18-7-8-20-28(18)22(30)23(31-20)9-10-27(13-19(23)25)21(29)15-5-3-2-4-6-15/h2-6,11-12,18-20H,7-10,13H2,1H3/t18-,19?,20+,23?/m0/s1. The third kappa shape index (κ3) is 3.12. The predicted molar refractivity (Wildman–Crippen MR) is 107 cm³/mol. The minimum absolute atomic E-state index is 0.0891. The van der Waals surface area contributed by atoms with E-state index in [9.17, 15) is 14.0 Å². The summed E-state index contributed by atoms with van der Waals surface area (Å²) in [6, 6.07) is 9.69. The number of benzene rings is 1. The molecule has 5 rings (SSSR count). The average molecular weight is 427 g/mol. The van der Waals surface area contributed by atoms with Gasteiger partial charge in [0, 0.05) is 24.7 Å². The van der Waals surface area contributed by atoms with E-state index < -0.39 is 35.8 Å². The van der Waals surface area contributed by atoms with Gasteiger partial charge in [-0.3, -0.25) is 14.6 Å². The van der Waals surface area contributed by atoms with Gasteiger partial charge in [-0.25, -0.2) is 8.78 Å². The first-order chi connectivity index (χ1) is 14.9. The molecule has 2 amide bonds. The Kier molecular flexibility index (Phi) is 4.77. The van der Waals surface area contributed by atoms with Crippen molar-refractivity contribution in [2.24, 2.45) is 0 Å². The maximum Gasteiger partial charge on any atom is 0.260 e. The Bertz CT molecular complexity index is 1030. The lowest BCUT2D eigenvalue weighted by molar-refractivity contribution is -0.153.